The minimum absolute atomic E-state index is 0.0283. The van der Waals surface area contributed by atoms with Crippen molar-refractivity contribution >= 4 is 11.8 Å². The van der Waals surface area contributed by atoms with Gasteiger partial charge in [-0.25, -0.2) is 4.39 Å². The number of aromatic nitrogens is 2. The Labute approximate surface area is 149 Å². The molecule has 0 saturated carbocycles. The van der Waals surface area contributed by atoms with E-state index in [4.69, 9.17) is 5.73 Å². The van der Waals surface area contributed by atoms with Crippen molar-refractivity contribution in [2.45, 2.75) is 12.5 Å². The number of hydrogen-bond acceptors (Lipinski definition) is 3. The molecule has 0 radical (unpaired) electrons. The van der Waals surface area contributed by atoms with Crippen molar-refractivity contribution in [1.29, 1.82) is 0 Å². The summed E-state index contributed by atoms with van der Waals surface area (Å²) in [4.78, 5) is 24.1. The number of nitrogens with zero attached hydrogens (tertiary/aromatic N) is 1. The fourth-order valence-corrected chi connectivity index (χ4v) is 2.67. The second-order valence-corrected chi connectivity index (χ2v) is 5.77. The lowest BCUT2D eigenvalue weighted by Gasteiger charge is -2.18. The third kappa shape index (κ3) is 3.94. The van der Waals surface area contributed by atoms with Crippen LogP contribution in [0.1, 0.15) is 28.4 Å². The number of aromatic amines is 1. The largest absolute Gasteiger partial charge is 0.370 e. The van der Waals surface area contributed by atoms with Gasteiger partial charge in [0.1, 0.15) is 5.82 Å². The van der Waals surface area contributed by atoms with Crippen molar-refractivity contribution in [1.82, 2.24) is 15.5 Å². The summed E-state index contributed by atoms with van der Waals surface area (Å²) in [6.07, 6.45) is 1.36. The Morgan fingerprint density at radius 2 is 1.81 bits per heavy atom. The van der Waals surface area contributed by atoms with Gasteiger partial charge in [0.25, 0.3) is 5.91 Å². The van der Waals surface area contributed by atoms with Crippen LogP contribution in [0.25, 0.3) is 11.3 Å². The SMILES string of the molecule is NC(=O)C[C@H](NC(=O)c1cn[nH]c1-c1ccc(F)cc1)c1ccccc1. The topological polar surface area (TPSA) is 101 Å². The number of amides is 2. The molecule has 2 aromatic carbocycles. The van der Waals surface area contributed by atoms with E-state index in [1.807, 2.05) is 30.3 Å². The molecule has 3 aromatic rings. The zero-order chi connectivity index (χ0) is 18.5. The van der Waals surface area contributed by atoms with Crippen molar-refractivity contribution in [3.8, 4) is 11.3 Å². The maximum Gasteiger partial charge on any atom is 0.255 e. The normalized spacial score (nSPS) is 11.7. The first-order valence-electron chi connectivity index (χ1n) is 7.98. The summed E-state index contributed by atoms with van der Waals surface area (Å²) in [7, 11) is 0. The average Bonchev–Trinajstić information content (AvgIpc) is 3.12. The van der Waals surface area contributed by atoms with Crippen LogP contribution < -0.4 is 11.1 Å². The Kier molecular flexibility index (Phi) is 5.07. The van der Waals surface area contributed by atoms with Gasteiger partial charge in [-0.3, -0.25) is 14.7 Å². The molecule has 7 heteroatoms. The smallest absolute Gasteiger partial charge is 0.255 e. The highest BCUT2D eigenvalue weighted by atomic mass is 19.1. The van der Waals surface area contributed by atoms with Crippen LogP contribution in [0.2, 0.25) is 0 Å². The number of rotatable bonds is 6. The third-order valence-corrected chi connectivity index (χ3v) is 3.93. The van der Waals surface area contributed by atoms with Gasteiger partial charge in [-0.15, -0.1) is 0 Å². The van der Waals surface area contributed by atoms with E-state index in [-0.39, 0.29) is 12.2 Å². The predicted octanol–water partition coefficient (Wildman–Crippen LogP) is 2.56. The van der Waals surface area contributed by atoms with Gasteiger partial charge in [0.05, 0.1) is 29.9 Å². The summed E-state index contributed by atoms with van der Waals surface area (Å²) in [6, 6.07) is 14.3. The van der Waals surface area contributed by atoms with Crippen molar-refractivity contribution in [3.63, 3.8) is 0 Å². The molecule has 132 valence electrons. The molecular weight excluding hydrogens is 335 g/mol. The van der Waals surface area contributed by atoms with Gasteiger partial charge in [0.2, 0.25) is 5.91 Å². The molecule has 26 heavy (non-hydrogen) atoms. The van der Waals surface area contributed by atoms with Crippen LogP contribution in [0.15, 0.2) is 60.8 Å². The summed E-state index contributed by atoms with van der Waals surface area (Å²) in [5, 5.41) is 9.48. The quantitative estimate of drug-likeness (QED) is 0.635. The molecule has 0 bridgehead atoms. The van der Waals surface area contributed by atoms with E-state index in [0.717, 1.165) is 5.56 Å². The van der Waals surface area contributed by atoms with Crippen LogP contribution in [0.5, 0.6) is 0 Å². The molecule has 0 saturated heterocycles. The number of H-pyrrole nitrogens is 1. The average molecular weight is 352 g/mol. The summed E-state index contributed by atoms with van der Waals surface area (Å²) in [5.41, 5.74) is 7.47. The van der Waals surface area contributed by atoms with Crippen LogP contribution in [0.4, 0.5) is 4.39 Å². The maximum atomic E-state index is 13.1. The Morgan fingerprint density at radius 3 is 2.46 bits per heavy atom. The zero-order valence-electron chi connectivity index (χ0n) is 13.8. The second kappa shape index (κ2) is 7.60. The monoisotopic (exact) mass is 352 g/mol. The highest BCUT2D eigenvalue weighted by Crippen LogP contribution is 2.23. The number of benzene rings is 2. The van der Waals surface area contributed by atoms with Gasteiger partial charge < -0.3 is 11.1 Å². The summed E-state index contributed by atoms with van der Waals surface area (Å²) in [6.45, 7) is 0. The van der Waals surface area contributed by atoms with Crippen molar-refractivity contribution in [2.75, 3.05) is 0 Å². The molecule has 1 heterocycles. The van der Waals surface area contributed by atoms with Crippen LogP contribution in [-0.4, -0.2) is 22.0 Å². The van der Waals surface area contributed by atoms with Crippen LogP contribution in [0.3, 0.4) is 0 Å². The molecule has 0 aliphatic rings. The minimum atomic E-state index is -0.558. The van der Waals surface area contributed by atoms with Crippen LogP contribution in [0, 0.1) is 5.82 Å². The Balaban J connectivity index is 1.86. The van der Waals surface area contributed by atoms with Gasteiger partial charge in [0, 0.05) is 5.56 Å². The van der Waals surface area contributed by atoms with Gasteiger partial charge in [0.15, 0.2) is 0 Å². The van der Waals surface area contributed by atoms with Gasteiger partial charge >= 0.3 is 0 Å². The molecule has 0 aliphatic carbocycles. The van der Waals surface area contributed by atoms with E-state index >= 15 is 0 Å². The van der Waals surface area contributed by atoms with E-state index in [1.165, 1.54) is 18.3 Å². The lowest BCUT2D eigenvalue weighted by Crippen LogP contribution is -2.31. The number of nitrogens with one attached hydrogen (secondary N) is 2. The Morgan fingerprint density at radius 1 is 1.12 bits per heavy atom. The molecule has 0 unspecified atom stereocenters. The molecule has 4 N–H and O–H groups in total. The van der Waals surface area contributed by atoms with E-state index in [2.05, 4.69) is 15.5 Å². The minimum Gasteiger partial charge on any atom is -0.370 e. The molecule has 1 aromatic heterocycles. The van der Waals surface area contributed by atoms with Gasteiger partial charge in [-0.2, -0.15) is 5.10 Å². The van der Waals surface area contributed by atoms with Crippen molar-refractivity contribution < 1.29 is 14.0 Å². The Bertz CT molecular complexity index is 907. The number of hydrogen-bond donors (Lipinski definition) is 3. The van der Waals surface area contributed by atoms with E-state index in [9.17, 15) is 14.0 Å². The first-order chi connectivity index (χ1) is 12.5. The van der Waals surface area contributed by atoms with Crippen LogP contribution >= 0.6 is 0 Å². The Hall–Kier alpha value is -3.48. The van der Waals surface area contributed by atoms with Gasteiger partial charge in [-0.05, 0) is 29.8 Å². The zero-order valence-corrected chi connectivity index (χ0v) is 13.8. The summed E-state index contributed by atoms with van der Waals surface area (Å²) in [5.74, 6) is -1.30. The molecule has 0 spiro atoms. The number of carbonyl (C=O) groups excluding carboxylic acids is 2. The van der Waals surface area contributed by atoms with Crippen molar-refractivity contribution in [3.05, 3.63) is 77.7 Å². The first kappa shape index (κ1) is 17.3. The number of halogens is 1. The molecule has 6 nitrogen and oxygen atoms in total. The lowest BCUT2D eigenvalue weighted by molar-refractivity contribution is -0.118. The number of carbonyl (C=O) groups is 2. The van der Waals surface area contributed by atoms with E-state index in [0.29, 0.717) is 16.8 Å². The number of nitrogens with two attached hydrogens (primary N) is 1. The molecule has 0 fully saturated rings. The summed E-state index contributed by atoms with van der Waals surface area (Å²) >= 11 is 0. The number of primary amides is 1. The lowest BCUT2D eigenvalue weighted by atomic mass is 10.0. The third-order valence-electron chi connectivity index (χ3n) is 3.93. The standard InChI is InChI=1S/C19H17FN4O2/c20-14-8-6-13(7-9-14)18-15(11-22-24-18)19(26)23-16(10-17(21)25)12-4-2-1-3-5-12/h1-9,11,16H,10H2,(H2,21,25)(H,22,24)(H,23,26)/t16-/m0/s1. The second-order valence-electron chi connectivity index (χ2n) is 5.77. The highest BCUT2D eigenvalue weighted by molar-refractivity contribution is 6.00. The summed E-state index contributed by atoms with van der Waals surface area (Å²) < 4.78 is 13.1. The molecule has 1 atom stereocenters. The molecular formula is C19H17FN4O2. The maximum absolute atomic E-state index is 13.1. The molecule has 2 amide bonds. The fraction of sp³-hybridized carbons (Fsp3) is 0.105. The highest BCUT2D eigenvalue weighted by Gasteiger charge is 2.21. The molecule has 3 rings (SSSR count). The van der Waals surface area contributed by atoms with E-state index < -0.39 is 17.9 Å². The van der Waals surface area contributed by atoms with Crippen molar-refractivity contribution in [2.24, 2.45) is 5.73 Å². The van der Waals surface area contributed by atoms with Crippen LogP contribution in [-0.2, 0) is 4.79 Å². The first-order valence-corrected chi connectivity index (χ1v) is 7.98. The fourth-order valence-electron chi connectivity index (χ4n) is 2.67. The van der Waals surface area contributed by atoms with E-state index in [1.54, 1.807) is 12.1 Å². The predicted molar refractivity (Wildman–Crippen MR) is 94.4 cm³/mol. The molecule has 0 aliphatic heterocycles. The van der Waals surface area contributed by atoms with Gasteiger partial charge in [-0.1, -0.05) is 30.3 Å².